The Morgan fingerprint density at radius 3 is 2.68 bits per heavy atom. The van der Waals surface area contributed by atoms with Gasteiger partial charge in [0.25, 0.3) is 0 Å². The zero-order chi connectivity index (χ0) is 13.8. The summed E-state index contributed by atoms with van der Waals surface area (Å²) in [5.41, 5.74) is 0.871. The number of nitrogens with zero attached hydrogens (tertiary/aromatic N) is 1. The largest absolute Gasteiger partial charge is 0.497 e. The maximum atomic E-state index is 12.0. The van der Waals surface area contributed by atoms with Gasteiger partial charge in [0, 0.05) is 38.0 Å². The molecule has 2 rings (SSSR count). The van der Waals surface area contributed by atoms with Crippen molar-refractivity contribution in [2.75, 3.05) is 25.1 Å². The molecule has 1 fully saturated rings. The molecular formula is C14H18N2O3. The summed E-state index contributed by atoms with van der Waals surface area (Å²) in [7, 11) is 1.61. The number of ether oxygens (including phenoxy) is 1. The Morgan fingerprint density at radius 1 is 1.42 bits per heavy atom. The van der Waals surface area contributed by atoms with Crippen molar-refractivity contribution in [3.8, 4) is 5.75 Å². The van der Waals surface area contributed by atoms with Gasteiger partial charge in [-0.2, -0.15) is 0 Å². The lowest BCUT2D eigenvalue weighted by atomic mass is 10.1. The van der Waals surface area contributed by atoms with E-state index in [1.165, 1.54) is 6.92 Å². The lowest BCUT2D eigenvalue weighted by Gasteiger charge is -2.17. The molecule has 1 saturated heterocycles. The van der Waals surface area contributed by atoms with Crippen LogP contribution in [0.4, 0.5) is 5.69 Å². The summed E-state index contributed by atoms with van der Waals surface area (Å²) in [6.07, 6.45) is 0.478. The first-order valence-electron chi connectivity index (χ1n) is 6.29. The van der Waals surface area contributed by atoms with Crippen LogP contribution in [0, 0.1) is 5.92 Å². The molecule has 1 aromatic rings. The molecule has 1 atom stereocenters. The fraction of sp³-hybridized carbons (Fsp3) is 0.429. The lowest BCUT2D eigenvalue weighted by molar-refractivity contribution is -0.120. The molecule has 1 aromatic carbocycles. The molecule has 0 radical (unpaired) electrons. The molecule has 0 unspecified atom stereocenters. The smallest absolute Gasteiger partial charge is 0.227 e. The average molecular weight is 262 g/mol. The minimum atomic E-state index is -0.0599. The third-order valence-electron chi connectivity index (χ3n) is 3.23. The summed E-state index contributed by atoms with van der Waals surface area (Å²) in [4.78, 5) is 24.6. The molecule has 102 valence electrons. The number of nitrogens with one attached hydrogen (secondary N) is 1. The van der Waals surface area contributed by atoms with Crippen molar-refractivity contribution in [3.63, 3.8) is 0 Å². The first kappa shape index (κ1) is 13.4. The Kier molecular flexibility index (Phi) is 4.04. The molecule has 2 amide bonds. The van der Waals surface area contributed by atoms with Crippen LogP contribution in [0.15, 0.2) is 24.3 Å². The summed E-state index contributed by atoms with van der Waals surface area (Å²) in [6, 6.07) is 7.42. The number of anilines is 1. The molecule has 5 heteroatoms. The van der Waals surface area contributed by atoms with E-state index >= 15 is 0 Å². The summed E-state index contributed by atoms with van der Waals surface area (Å²) in [6.45, 7) is 2.68. The number of carbonyl (C=O) groups is 2. The first-order valence-corrected chi connectivity index (χ1v) is 6.29. The van der Waals surface area contributed by atoms with E-state index in [1.54, 1.807) is 12.0 Å². The molecule has 1 aliphatic rings. The van der Waals surface area contributed by atoms with Crippen LogP contribution < -0.4 is 15.0 Å². The Balaban J connectivity index is 2.00. The van der Waals surface area contributed by atoms with Crippen molar-refractivity contribution in [2.45, 2.75) is 13.3 Å². The van der Waals surface area contributed by atoms with Gasteiger partial charge in [0.05, 0.1) is 7.11 Å². The van der Waals surface area contributed by atoms with E-state index in [0.29, 0.717) is 19.5 Å². The van der Waals surface area contributed by atoms with E-state index < -0.39 is 0 Å². The second kappa shape index (κ2) is 5.73. The van der Waals surface area contributed by atoms with Gasteiger partial charge in [-0.15, -0.1) is 0 Å². The van der Waals surface area contributed by atoms with Crippen molar-refractivity contribution in [3.05, 3.63) is 24.3 Å². The second-order valence-corrected chi connectivity index (χ2v) is 4.71. The highest BCUT2D eigenvalue weighted by atomic mass is 16.5. The van der Waals surface area contributed by atoms with Gasteiger partial charge in [-0.05, 0) is 24.3 Å². The third-order valence-corrected chi connectivity index (χ3v) is 3.23. The van der Waals surface area contributed by atoms with Crippen molar-refractivity contribution in [1.29, 1.82) is 0 Å². The minimum absolute atomic E-state index is 0.0599. The monoisotopic (exact) mass is 262 g/mol. The van der Waals surface area contributed by atoms with Crippen molar-refractivity contribution in [2.24, 2.45) is 5.92 Å². The van der Waals surface area contributed by atoms with Gasteiger partial charge >= 0.3 is 0 Å². The highest BCUT2D eigenvalue weighted by molar-refractivity contribution is 5.95. The number of hydrogen-bond donors (Lipinski definition) is 1. The van der Waals surface area contributed by atoms with Crippen molar-refractivity contribution >= 4 is 17.5 Å². The highest BCUT2D eigenvalue weighted by Gasteiger charge is 2.30. The molecule has 0 aromatic heterocycles. The lowest BCUT2D eigenvalue weighted by Crippen LogP contribution is -2.29. The normalized spacial score (nSPS) is 18.5. The third kappa shape index (κ3) is 3.24. The minimum Gasteiger partial charge on any atom is -0.497 e. The van der Waals surface area contributed by atoms with Crippen LogP contribution in [-0.4, -0.2) is 32.0 Å². The van der Waals surface area contributed by atoms with E-state index in [0.717, 1.165) is 11.4 Å². The van der Waals surface area contributed by atoms with Gasteiger partial charge in [-0.3, -0.25) is 9.59 Å². The number of benzene rings is 1. The standard InChI is InChI=1S/C14H18N2O3/c1-10(17)15-8-11-7-14(18)16(9-11)12-3-5-13(19-2)6-4-12/h3-6,11H,7-9H2,1-2H3,(H,15,17)/t11-/m1/s1. The van der Waals surface area contributed by atoms with E-state index in [1.807, 2.05) is 24.3 Å². The van der Waals surface area contributed by atoms with Gasteiger partial charge < -0.3 is 15.0 Å². The number of hydrogen-bond acceptors (Lipinski definition) is 3. The zero-order valence-corrected chi connectivity index (χ0v) is 11.2. The summed E-state index contributed by atoms with van der Waals surface area (Å²) >= 11 is 0. The van der Waals surface area contributed by atoms with Crippen LogP contribution in [0.1, 0.15) is 13.3 Å². The van der Waals surface area contributed by atoms with Gasteiger partial charge in [0.1, 0.15) is 5.75 Å². The van der Waals surface area contributed by atoms with E-state index in [-0.39, 0.29) is 17.7 Å². The summed E-state index contributed by atoms with van der Waals surface area (Å²) in [5, 5.41) is 2.76. The highest BCUT2D eigenvalue weighted by Crippen LogP contribution is 2.26. The Labute approximate surface area is 112 Å². The van der Waals surface area contributed by atoms with Gasteiger partial charge in [0.15, 0.2) is 0 Å². The Morgan fingerprint density at radius 2 is 2.11 bits per heavy atom. The predicted octanol–water partition coefficient (Wildman–Crippen LogP) is 1.18. The molecule has 1 N–H and O–H groups in total. The Hall–Kier alpha value is -2.04. The van der Waals surface area contributed by atoms with Gasteiger partial charge in [-0.1, -0.05) is 0 Å². The molecule has 19 heavy (non-hydrogen) atoms. The van der Waals surface area contributed by atoms with Crippen LogP contribution in [-0.2, 0) is 9.59 Å². The summed E-state index contributed by atoms with van der Waals surface area (Å²) < 4.78 is 5.09. The quantitative estimate of drug-likeness (QED) is 0.886. The average Bonchev–Trinajstić information content (AvgIpc) is 2.78. The molecule has 5 nitrogen and oxygen atoms in total. The zero-order valence-electron chi connectivity index (χ0n) is 11.2. The number of carbonyl (C=O) groups excluding carboxylic acids is 2. The van der Waals surface area contributed by atoms with Gasteiger partial charge in [0.2, 0.25) is 11.8 Å². The fourth-order valence-electron chi connectivity index (χ4n) is 2.22. The maximum absolute atomic E-state index is 12.0. The van der Waals surface area contributed by atoms with Crippen LogP contribution in [0.2, 0.25) is 0 Å². The molecule has 1 heterocycles. The molecule has 0 aliphatic carbocycles. The van der Waals surface area contributed by atoms with E-state index in [2.05, 4.69) is 5.32 Å². The van der Waals surface area contributed by atoms with E-state index in [9.17, 15) is 9.59 Å². The SMILES string of the molecule is COc1ccc(N2C[C@@H](CNC(C)=O)CC2=O)cc1. The van der Waals surface area contributed by atoms with Crippen LogP contribution in [0.5, 0.6) is 5.75 Å². The molecule has 0 bridgehead atoms. The van der Waals surface area contributed by atoms with Crippen LogP contribution >= 0.6 is 0 Å². The molecule has 1 aliphatic heterocycles. The Bertz CT molecular complexity index is 470. The summed E-state index contributed by atoms with van der Waals surface area (Å²) in [5.74, 6) is 0.986. The maximum Gasteiger partial charge on any atom is 0.227 e. The van der Waals surface area contributed by atoms with Crippen LogP contribution in [0.3, 0.4) is 0 Å². The fourth-order valence-corrected chi connectivity index (χ4v) is 2.22. The predicted molar refractivity (Wildman–Crippen MR) is 72.1 cm³/mol. The van der Waals surface area contributed by atoms with Crippen LogP contribution in [0.25, 0.3) is 0 Å². The van der Waals surface area contributed by atoms with Gasteiger partial charge in [-0.25, -0.2) is 0 Å². The number of amides is 2. The molecule has 0 saturated carbocycles. The first-order chi connectivity index (χ1) is 9.10. The topological polar surface area (TPSA) is 58.6 Å². The molecular weight excluding hydrogens is 244 g/mol. The van der Waals surface area contributed by atoms with Crippen molar-refractivity contribution in [1.82, 2.24) is 5.32 Å². The number of rotatable bonds is 4. The van der Waals surface area contributed by atoms with Crippen molar-refractivity contribution < 1.29 is 14.3 Å². The molecule has 0 spiro atoms. The second-order valence-electron chi connectivity index (χ2n) is 4.71. The number of methoxy groups -OCH3 is 1. The van der Waals surface area contributed by atoms with E-state index in [4.69, 9.17) is 4.74 Å².